The normalized spacial score (nSPS) is 10.7. The SMILES string of the molecule is Cc1ccc(C(=O)COC(=O)c2cc3cc(F)ccc3s2)cc1[N+](=O)[O-]. The van der Waals surface area contributed by atoms with Gasteiger partial charge in [-0.25, -0.2) is 9.18 Å². The molecule has 0 amide bonds. The quantitative estimate of drug-likeness (QED) is 0.288. The molecule has 132 valence electrons. The predicted molar refractivity (Wildman–Crippen MR) is 94.2 cm³/mol. The summed E-state index contributed by atoms with van der Waals surface area (Å²) in [6, 6.07) is 9.72. The van der Waals surface area contributed by atoms with Crippen LogP contribution in [0, 0.1) is 22.9 Å². The van der Waals surface area contributed by atoms with E-state index < -0.39 is 29.1 Å². The third-order valence-electron chi connectivity index (χ3n) is 3.74. The summed E-state index contributed by atoms with van der Waals surface area (Å²) in [7, 11) is 0. The molecule has 0 saturated heterocycles. The van der Waals surface area contributed by atoms with Crippen LogP contribution in [0.2, 0.25) is 0 Å². The highest BCUT2D eigenvalue weighted by atomic mass is 32.1. The van der Waals surface area contributed by atoms with Gasteiger partial charge in [-0.15, -0.1) is 11.3 Å². The van der Waals surface area contributed by atoms with Crippen LogP contribution in [0.25, 0.3) is 10.1 Å². The first-order chi connectivity index (χ1) is 12.3. The predicted octanol–water partition coefficient (Wildman–Crippen LogP) is 4.30. The van der Waals surface area contributed by atoms with Gasteiger partial charge < -0.3 is 4.74 Å². The molecule has 0 spiro atoms. The topological polar surface area (TPSA) is 86.5 Å². The molecular formula is C18H12FNO5S. The fraction of sp³-hybridized carbons (Fsp3) is 0.111. The number of hydrogen-bond acceptors (Lipinski definition) is 6. The van der Waals surface area contributed by atoms with Crippen molar-refractivity contribution in [3.63, 3.8) is 0 Å². The molecule has 26 heavy (non-hydrogen) atoms. The number of nitro benzene ring substituents is 1. The van der Waals surface area contributed by atoms with Crippen LogP contribution in [-0.4, -0.2) is 23.3 Å². The number of esters is 1. The zero-order valence-electron chi connectivity index (χ0n) is 13.5. The standard InChI is InChI=1S/C18H12FNO5S/c1-10-2-3-11(7-14(10)20(23)24)15(21)9-25-18(22)17-8-12-6-13(19)4-5-16(12)26-17/h2-8H,9H2,1H3. The number of fused-ring (bicyclic) bond motifs is 1. The second-order valence-corrected chi connectivity index (χ2v) is 6.63. The average Bonchev–Trinajstić information content (AvgIpc) is 3.02. The first-order valence-electron chi connectivity index (χ1n) is 7.49. The number of halogens is 1. The molecule has 0 aliphatic carbocycles. The van der Waals surface area contributed by atoms with Crippen molar-refractivity contribution in [2.45, 2.75) is 6.92 Å². The van der Waals surface area contributed by atoms with Gasteiger partial charge in [0.25, 0.3) is 5.69 Å². The lowest BCUT2D eigenvalue weighted by atomic mass is 10.1. The Bertz CT molecular complexity index is 1040. The number of thiophene rings is 1. The number of benzene rings is 2. The maximum atomic E-state index is 13.2. The Morgan fingerprint density at radius 2 is 1.96 bits per heavy atom. The zero-order chi connectivity index (χ0) is 18.8. The summed E-state index contributed by atoms with van der Waals surface area (Å²) in [5.74, 6) is -1.67. The van der Waals surface area contributed by atoms with Crippen molar-refractivity contribution >= 4 is 38.9 Å². The molecule has 8 heteroatoms. The molecule has 6 nitrogen and oxygen atoms in total. The Hall–Kier alpha value is -3.13. The Morgan fingerprint density at radius 1 is 1.19 bits per heavy atom. The highest BCUT2D eigenvalue weighted by Gasteiger charge is 2.18. The number of nitrogens with zero attached hydrogens (tertiary/aromatic N) is 1. The maximum Gasteiger partial charge on any atom is 0.348 e. The number of ketones is 1. The smallest absolute Gasteiger partial charge is 0.348 e. The number of nitro groups is 1. The molecule has 2 aromatic carbocycles. The fourth-order valence-corrected chi connectivity index (χ4v) is 3.32. The van der Waals surface area contributed by atoms with Gasteiger partial charge in [-0.1, -0.05) is 12.1 Å². The highest BCUT2D eigenvalue weighted by molar-refractivity contribution is 7.20. The van der Waals surface area contributed by atoms with Crippen molar-refractivity contribution in [2.24, 2.45) is 0 Å². The monoisotopic (exact) mass is 373 g/mol. The lowest BCUT2D eigenvalue weighted by molar-refractivity contribution is -0.385. The van der Waals surface area contributed by atoms with E-state index >= 15 is 0 Å². The molecule has 3 rings (SSSR count). The third kappa shape index (κ3) is 3.60. The highest BCUT2D eigenvalue weighted by Crippen LogP contribution is 2.27. The molecule has 0 N–H and O–H groups in total. The summed E-state index contributed by atoms with van der Waals surface area (Å²) >= 11 is 1.13. The fourth-order valence-electron chi connectivity index (χ4n) is 2.38. The summed E-state index contributed by atoms with van der Waals surface area (Å²) in [6.07, 6.45) is 0. The van der Waals surface area contributed by atoms with E-state index in [-0.39, 0.29) is 16.1 Å². The van der Waals surface area contributed by atoms with Crippen molar-refractivity contribution in [3.8, 4) is 0 Å². The van der Waals surface area contributed by atoms with Crippen molar-refractivity contribution in [2.75, 3.05) is 6.61 Å². The minimum atomic E-state index is -0.707. The molecule has 0 unspecified atom stereocenters. The molecule has 0 atom stereocenters. The minimum absolute atomic E-state index is 0.0912. The number of Topliss-reactive ketones (excluding diaryl/α,β-unsaturated/α-hetero) is 1. The van der Waals surface area contributed by atoms with Gasteiger partial charge in [0.15, 0.2) is 6.61 Å². The van der Waals surface area contributed by atoms with Gasteiger partial charge in [-0.05, 0) is 36.6 Å². The number of rotatable bonds is 5. The van der Waals surface area contributed by atoms with E-state index in [4.69, 9.17) is 4.74 Å². The van der Waals surface area contributed by atoms with E-state index in [2.05, 4.69) is 0 Å². The Labute approximate surface area is 151 Å². The lowest BCUT2D eigenvalue weighted by Crippen LogP contribution is -2.13. The van der Waals surface area contributed by atoms with Crippen LogP contribution >= 0.6 is 11.3 Å². The van der Waals surface area contributed by atoms with Crippen LogP contribution in [0.1, 0.15) is 25.6 Å². The van der Waals surface area contributed by atoms with Gasteiger partial charge in [-0.2, -0.15) is 0 Å². The number of carbonyl (C=O) groups is 2. The van der Waals surface area contributed by atoms with E-state index in [1.165, 1.54) is 30.3 Å². The molecule has 0 bridgehead atoms. The van der Waals surface area contributed by atoms with Crippen LogP contribution < -0.4 is 0 Å². The molecule has 0 fully saturated rings. The van der Waals surface area contributed by atoms with E-state index in [9.17, 15) is 24.1 Å². The van der Waals surface area contributed by atoms with Crippen molar-refractivity contribution in [1.29, 1.82) is 0 Å². The van der Waals surface area contributed by atoms with E-state index in [1.54, 1.807) is 13.0 Å². The molecule has 0 saturated carbocycles. The molecule has 0 aliphatic rings. The van der Waals surface area contributed by atoms with E-state index in [0.29, 0.717) is 10.9 Å². The second-order valence-electron chi connectivity index (χ2n) is 5.55. The number of hydrogen-bond donors (Lipinski definition) is 0. The molecule has 3 aromatic rings. The molecular weight excluding hydrogens is 361 g/mol. The van der Waals surface area contributed by atoms with Crippen molar-refractivity contribution in [1.82, 2.24) is 0 Å². The first kappa shape index (κ1) is 17.7. The first-order valence-corrected chi connectivity index (χ1v) is 8.31. The second kappa shape index (κ2) is 7.01. The van der Waals surface area contributed by atoms with Gasteiger partial charge in [0.05, 0.1) is 4.92 Å². The van der Waals surface area contributed by atoms with Crippen LogP contribution in [0.15, 0.2) is 42.5 Å². The van der Waals surface area contributed by atoms with Gasteiger partial charge in [-0.3, -0.25) is 14.9 Å². The molecule has 0 aliphatic heterocycles. The van der Waals surface area contributed by atoms with Crippen molar-refractivity contribution in [3.05, 3.63) is 74.4 Å². The van der Waals surface area contributed by atoms with Gasteiger partial charge >= 0.3 is 5.97 Å². The molecule has 1 heterocycles. The summed E-state index contributed by atoms with van der Waals surface area (Å²) in [6.45, 7) is 1.03. The Balaban J connectivity index is 1.71. The minimum Gasteiger partial charge on any atom is -0.453 e. The van der Waals surface area contributed by atoms with E-state index in [0.717, 1.165) is 22.1 Å². The summed E-state index contributed by atoms with van der Waals surface area (Å²) in [5, 5.41) is 11.5. The Morgan fingerprint density at radius 3 is 2.69 bits per heavy atom. The summed E-state index contributed by atoms with van der Waals surface area (Å²) < 4.78 is 18.9. The van der Waals surface area contributed by atoms with Gasteiger partial charge in [0.1, 0.15) is 10.7 Å². The van der Waals surface area contributed by atoms with Crippen LogP contribution in [-0.2, 0) is 4.74 Å². The lowest BCUT2D eigenvalue weighted by Gasteiger charge is -2.04. The number of ether oxygens (including phenoxy) is 1. The van der Waals surface area contributed by atoms with Gasteiger partial charge in [0, 0.05) is 21.9 Å². The van der Waals surface area contributed by atoms with Crippen LogP contribution in [0.5, 0.6) is 0 Å². The van der Waals surface area contributed by atoms with Crippen LogP contribution in [0.3, 0.4) is 0 Å². The maximum absolute atomic E-state index is 13.2. The Kier molecular flexibility index (Phi) is 4.77. The van der Waals surface area contributed by atoms with Gasteiger partial charge in [0.2, 0.25) is 5.78 Å². The average molecular weight is 373 g/mol. The molecule has 1 aromatic heterocycles. The zero-order valence-corrected chi connectivity index (χ0v) is 14.3. The number of carbonyl (C=O) groups excluding carboxylic acids is 2. The molecule has 0 radical (unpaired) electrons. The van der Waals surface area contributed by atoms with E-state index in [1.807, 2.05) is 0 Å². The number of aryl methyl sites for hydroxylation is 1. The summed E-state index contributed by atoms with van der Waals surface area (Å²) in [5.41, 5.74) is 0.350. The van der Waals surface area contributed by atoms with Crippen molar-refractivity contribution < 1.29 is 23.6 Å². The summed E-state index contributed by atoms with van der Waals surface area (Å²) in [4.78, 5) is 34.8. The largest absolute Gasteiger partial charge is 0.453 e. The third-order valence-corrected chi connectivity index (χ3v) is 4.84. The van der Waals surface area contributed by atoms with Crippen LogP contribution in [0.4, 0.5) is 10.1 Å².